The smallest absolute Gasteiger partial charge is 0.349 e. The normalized spacial score (nSPS) is 14.7. The Morgan fingerprint density at radius 1 is 1.09 bits per heavy atom. The van der Waals surface area contributed by atoms with Crippen molar-refractivity contribution in [2.75, 3.05) is 6.61 Å². The summed E-state index contributed by atoms with van der Waals surface area (Å²) in [4.78, 5) is 12.3. The van der Waals surface area contributed by atoms with Crippen LogP contribution in [0, 0.1) is 25.2 Å². The van der Waals surface area contributed by atoms with Crippen LogP contribution in [0.2, 0.25) is 0 Å². The van der Waals surface area contributed by atoms with Crippen LogP contribution >= 0.6 is 15.9 Å². The maximum absolute atomic E-state index is 12.3. The summed E-state index contributed by atoms with van der Waals surface area (Å²) in [6.45, 7) is 3.69. The topological polar surface area (TPSA) is 94.6 Å². The highest BCUT2D eigenvalue weighted by molar-refractivity contribution is 9.10. The van der Waals surface area contributed by atoms with Gasteiger partial charge in [0.2, 0.25) is 5.88 Å². The number of esters is 1. The lowest BCUT2D eigenvalue weighted by Crippen LogP contribution is -2.21. The molecule has 166 valence electrons. The van der Waals surface area contributed by atoms with Crippen LogP contribution in [0.4, 0.5) is 0 Å². The maximum atomic E-state index is 12.3. The second kappa shape index (κ2) is 9.39. The number of nitriles is 1. The van der Waals surface area contributed by atoms with Crippen LogP contribution in [-0.2, 0) is 4.79 Å². The Balaban J connectivity index is 1.54. The Hall–Kier alpha value is -3.76. The van der Waals surface area contributed by atoms with Gasteiger partial charge in [-0.15, -0.1) is 0 Å². The molecule has 3 aromatic carbocycles. The number of nitrogens with zero attached hydrogens (tertiary/aromatic N) is 1. The van der Waals surface area contributed by atoms with Gasteiger partial charge in [-0.3, -0.25) is 0 Å². The number of nitrogens with two attached hydrogens (primary N) is 1. The van der Waals surface area contributed by atoms with Crippen LogP contribution in [0.5, 0.6) is 17.2 Å². The predicted molar refractivity (Wildman–Crippen MR) is 127 cm³/mol. The Bertz CT molecular complexity index is 1290. The van der Waals surface area contributed by atoms with Crippen molar-refractivity contribution in [3.8, 4) is 23.3 Å². The molecule has 0 bridgehead atoms. The van der Waals surface area contributed by atoms with Crippen molar-refractivity contribution in [3.05, 3.63) is 98.8 Å². The van der Waals surface area contributed by atoms with E-state index in [2.05, 4.69) is 22.0 Å². The number of benzene rings is 3. The first-order chi connectivity index (χ1) is 15.8. The number of hydrogen-bond donors (Lipinski definition) is 1. The Kier molecular flexibility index (Phi) is 6.38. The van der Waals surface area contributed by atoms with E-state index >= 15 is 0 Å². The second-order valence-corrected chi connectivity index (χ2v) is 8.68. The van der Waals surface area contributed by atoms with Gasteiger partial charge in [0, 0.05) is 16.1 Å². The van der Waals surface area contributed by atoms with E-state index in [0.717, 1.165) is 26.7 Å². The third-order valence-electron chi connectivity index (χ3n) is 5.16. The molecule has 0 fully saturated rings. The molecular formula is C26H21BrN2O4. The molecular weight excluding hydrogens is 484 g/mol. The maximum Gasteiger partial charge on any atom is 0.349 e. The summed E-state index contributed by atoms with van der Waals surface area (Å²) in [6.07, 6.45) is 0. The summed E-state index contributed by atoms with van der Waals surface area (Å²) in [5.74, 6) is 0.415. The summed E-state index contributed by atoms with van der Waals surface area (Å²) in [5.41, 5.74) is 10.1. The molecule has 3 aromatic rings. The highest BCUT2D eigenvalue weighted by Gasteiger charge is 2.31. The largest absolute Gasteiger partial charge is 0.482 e. The number of fused-ring (bicyclic) bond motifs is 1. The van der Waals surface area contributed by atoms with Crippen molar-refractivity contribution >= 4 is 21.9 Å². The van der Waals surface area contributed by atoms with Gasteiger partial charge in [0.1, 0.15) is 28.9 Å². The number of carbonyl (C=O) groups is 1. The molecule has 0 radical (unpaired) electrons. The van der Waals surface area contributed by atoms with Gasteiger partial charge in [-0.05, 0) is 60.9 Å². The highest BCUT2D eigenvalue weighted by atomic mass is 79.9. The van der Waals surface area contributed by atoms with Gasteiger partial charge in [-0.25, -0.2) is 4.79 Å². The first-order valence-corrected chi connectivity index (χ1v) is 11.0. The van der Waals surface area contributed by atoms with E-state index in [4.69, 9.17) is 19.9 Å². The lowest BCUT2D eigenvalue weighted by molar-refractivity contribution is -0.136. The molecule has 1 aliphatic rings. The lowest BCUT2D eigenvalue weighted by atomic mass is 9.83. The summed E-state index contributed by atoms with van der Waals surface area (Å²) >= 11 is 3.47. The summed E-state index contributed by atoms with van der Waals surface area (Å²) in [6, 6.07) is 20.6. The SMILES string of the molecule is Cc1cc(C)cc(OCC(=O)Oc2ccc3c(c2)OC(N)=C(C#N)C3c2cccc(Br)c2)c1. The van der Waals surface area contributed by atoms with Crippen LogP contribution < -0.4 is 19.9 Å². The molecule has 0 saturated heterocycles. The zero-order valence-corrected chi connectivity index (χ0v) is 19.7. The summed E-state index contributed by atoms with van der Waals surface area (Å²) in [7, 11) is 0. The molecule has 1 aliphatic heterocycles. The third-order valence-corrected chi connectivity index (χ3v) is 5.65. The van der Waals surface area contributed by atoms with Crippen molar-refractivity contribution in [2.45, 2.75) is 19.8 Å². The fraction of sp³-hybridized carbons (Fsp3) is 0.154. The molecule has 0 aromatic heterocycles. The molecule has 33 heavy (non-hydrogen) atoms. The van der Waals surface area contributed by atoms with E-state index in [0.29, 0.717) is 22.8 Å². The summed E-state index contributed by atoms with van der Waals surface area (Å²) < 4.78 is 17.6. The number of halogens is 1. The van der Waals surface area contributed by atoms with Gasteiger partial charge in [-0.1, -0.05) is 40.2 Å². The predicted octanol–water partition coefficient (Wildman–Crippen LogP) is 5.27. The number of rotatable bonds is 5. The van der Waals surface area contributed by atoms with Crippen molar-refractivity contribution < 1.29 is 19.0 Å². The van der Waals surface area contributed by atoms with Crippen LogP contribution in [0.1, 0.15) is 28.2 Å². The number of hydrogen-bond acceptors (Lipinski definition) is 6. The molecule has 0 aliphatic carbocycles. The monoisotopic (exact) mass is 504 g/mol. The third kappa shape index (κ3) is 5.02. The van der Waals surface area contributed by atoms with Crippen molar-refractivity contribution in [1.29, 1.82) is 5.26 Å². The van der Waals surface area contributed by atoms with E-state index in [9.17, 15) is 10.1 Å². The standard InChI is InChI=1S/C26H21BrN2O4/c1-15-8-16(2)10-20(9-15)31-14-24(30)32-19-6-7-21-23(12-19)33-26(29)22(13-28)25(21)17-4-3-5-18(27)11-17/h3-12,25H,14,29H2,1-2H3. The molecule has 6 nitrogen and oxygen atoms in total. The number of aryl methyl sites for hydroxylation is 2. The molecule has 1 atom stereocenters. The van der Waals surface area contributed by atoms with Gasteiger partial charge in [0.15, 0.2) is 6.61 Å². The van der Waals surface area contributed by atoms with Crippen molar-refractivity contribution in [3.63, 3.8) is 0 Å². The molecule has 4 rings (SSSR count). The van der Waals surface area contributed by atoms with Gasteiger partial charge in [0.25, 0.3) is 0 Å². The van der Waals surface area contributed by atoms with Gasteiger partial charge in [0.05, 0.1) is 5.92 Å². The fourth-order valence-electron chi connectivity index (χ4n) is 3.85. The van der Waals surface area contributed by atoms with Gasteiger partial charge < -0.3 is 19.9 Å². The Morgan fingerprint density at radius 2 is 1.85 bits per heavy atom. The van der Waals surface area contributed by atoms with E-state index in [1.165, 1.54) is 0 Å². The van der Waals surface area contributed by atoms with E-state index < -0.39 is 11.9 Å². The molecule has 0 amide bonds. The van der Waals surface area contributed by atoms with E-state index in [-0.39, 0.29) is 12.5 Å². The number of ether oxygens (including phenoxy) is 3. The average Bonchev–Trinajstić information content (AvgIpc) is 2.76. The molecule has 7 heteroatoms. The fourth-order valence-corrected chi connectivity index (χ4v) is 4.26. The molecule has 2 N–H and O–H groups in total. The van der Waals surface area contributed by atoms with Crippen molar-refractivity contribution in [2.24, 2.45) is 5.73 Å². The molecule has 1 heterocycles. The molecule has 0 saturated carbocycles. The summed E-state index contributed by atoms with van der Waals surface area (Å²) in [5, 5.41) is 9.69. The van der Waals surface area contributed by atoms with Crippen LogP contribution in [0.3, 0.4) is 0 Å². The minimum atomic E-state index is -0.547. The minimum Gasteiger partial charge on any atom is -0.482 e. The molecule has 0 spiro atoms. The van der Waals surface area contributed by atoms with E-state index in [1.807, 2.05) is 56.3 Å². The number of allylic oxidation sites excluding steroid dienone is 1. The van der Waals surface area contributed by atoms with Crippen LogP contribution in [0.15, 0.2) is 76.6 Å². The Labute approximate surface area is 200 Å². The van der Waals surface area contributed by atoms with E-state index in [1.54, 1.807) is 18.2 Å². The zero-order chi connectivity index (χ0) is 23.5. The second-order valence-electron chi connectivity index (χ2n) is 7.77. The Morgan fingerprint density at radius 3 is 2.55 bits per heavy atom. The van der Waals surface area contributed by atoms with Crippen LogP contribution in [0.25, 0.3) is 0 Å². The van der Waals surface area contributed by atoms with Gasteiger partial charge >= 0.3 is 5.97 Å². The quantitative estimate of drug-likeness (QED) is 0.375. The highest BCUT2D eigenvalue weighted by Crippen LogP contribution is 2.43. The number of carbonyl (C=O) groups excluding carboxylic acids is 1. The lowest BCUT2D eigenvalue weighted by Gasteiger charge is -2.26. The zero-order valence-electron chi connectivity index (χ0n) is 18.1. The minimum absolute atomic E-state index is 0.0246. The first kappa shape index (κ1) is 22.4. The average molecular weight is 505 g/mol. The van der Waals surface area contributed by atoms with Crippen molar-refractivity contribution in [1.82, 2.24) is 0 Å². The molecule has 1 unspecified atom stereocenters. The van der Waals surface area contributed by atoms with Gasteiger partial charge in [-0.2, -0.15) is 5.26 Å². The first-order valence-electron chi connectivity index (χ1n) is 10.2. The van der Waals surface area contributed by atoms with Crippen LogP contribution in [-0.4, -0.2) is 12.6 Å².